The van der Waals surface area contributed by atoms with Crippen molar-refractivity contribution < 1.29 is 23.2 Å². The van der Waals surface area contributed by atoms with Crippen molar-refractivity contribution in [1.29, 1.82) is 0 Å². The van der Waals surface area contributed by atoms with E-state index < -0.39 is 15.9 Å². The lowest BCUT2D eigenvalue weighted by molar-refractivity contribution is -0.139. The first-order chi connectivity index (χ1) is 14.1. The summed E-state index contributed by atoms with van der Waals surface area (Å²) in [4.78, 5) is 26.8. The number of benzene rings is 1. The normalized spacial score (nSPS) is 23.9. The van der Waals surface area contributed by atoms with Crippen LogP contribution in [0.4, 0.5) is 0 Å². The Morgan fingerprint density at radius 2 is 1.70 bits per heavy atom. The Balaban J connectivity index is 1.73. The van der Waals surface area contributed by atoms with Crippen LogP contribution >= 0.6 is 0 Å². The maximum absolute atomic E-state index is 13.2. The molecule has 1 aromatic carbocycles. The van der Waals surface area contributed by atoms with Crippen molar-refractivity contribution in [1.82, 2.24) is 14.7 Å². The molecule has 2 aliphatic heterocycles. The topological polar surface area (TPSA) is 107 Å². The molecular weight excluding hydrogens is 406 g/mol. The zero-order valence-corrected chi connectivity index (χ0v) is 18.6. The molecule has 2 amide bonds. The van der Waals surface area contributed by atoms with Crippen LogP contribution in [0.5, 0.6) is 0 Å². The van der Waals surface area contributed by atoms with Crippen molar-refractivity contribution in [2.75, 3.05) is 26.2 Å². The summed E-state index contributed by atoms with van der Waals surface area (Å²) >= 11 is 0. The number of nitrogens with zero attached hydrogens (tertiary/aromatic N) is 2. The first-order valence-electron chi connectivity index (χ1n) is 10.5. The van der Waals surface area contributed by atoms with Gasteiger partial charge < -0.3 is 4.90 Å². The summed E-state index contributed by atoms with van der Waals surface area (Å²) in [7, 11) is -3.93. The molecule has 2 unspecified atom stereocenters. The SMILES string of the molecule is Cc1cccc(S(=O)(=O)N2CCC(C(=O)N3CC(C)CC(C)C3)CC2)c1C(=O)NO. The van der Waals surface area contributed by atoms with Gasteiger partial charge in [0, 0.05) is 32.1 Å². The number of rotatable bonds is 4. The number of hydrogen-bond acceptors (Lipinski definition) is 5. The molecule has 0 saturated carbocycles. The Bertz CT molecular complexity index is 899. The summed E-state index contributed by atoms with van der Waals surface area (Å²) in [5.74, 6) is 0.0595. The van der Waals surface area contributed by atoms with Gasteiger partial charge in [-0.25, -0.2) is 13.9 Å². The minimum Gasteiger partial charge on any atom is -0.342 e. The van der Waals surface area contributed by atoms with Gasteiger partial charge in [-0.1, -0.05) is 26.0 Å². The summed E-state index contributed by atoms with van der Waals surface area (Å²) in [5.41, 5.74) is 1.93. The van der Waals surface area contributed by atoms with Crippen LogP contribution < -0.4 is 5.48 Å². The molecule has 1 aromatic rings. The maximum atomic E-state index is 13.2. The third kappa shape index (κ3) is 4.53. The molecule has 3 rings (SSSR count). The summed E-state index contributed by atoms with van der Waals surface area (Å²) in [6, 6.07) is 4.57. The number of aryl methyl sites for hydroxylation is 1. The second-order valence-corrected chi connectivity index (χ2v) is 10.7. The number of likely N-dealkylation sites (tertiary alicyclic amines) is 1. The van der Waals surface area contributed by atoms with E-state index in [1.807, 2.05) is 4.90 Å². The molecule has 30 heavy (non-hydrogen) atoms. The number of hydrogen-bond donors (Lipinski definition) is 2. The van der Waals surface area contributed by atoms with E-state index in [0.29, 0.717) is 30.2 Å². The fourth-order valence-corrected chi connectivity index (χ4v) is 6.52. The van der Waals surface area contributed by atoms with Gasteiger partial charge >= 0.3 is 0 Å². The lowest BCUT2D eigenvalue weighted by Gasteiger charge is -2.39. The molecule has 9 heteroatoms. The number of carbonyl (C=O) groups is 2. The Kier molecular flexibility index (Phi) is 6.84. The van der Waals surface area contributed by atoms with Gasteiger partial charge in [-0.15, -0.1) is 0 Å². The Morgan fingerprint density at radius 1 is 1.10 bits per heavy atom. The molecule has 2 saturated heterocycles. The van der Waals surface area contributed by atoms with E-state index in [9.17, 15) is 18.0 Å². The minimum atomic E-state index is -3.93. The minimum absolute atomic E-state index is 0.0607. The van der Waals surface area contributed by atoms with Gasteiger partial charge in [0.15, 0.2) is 0 Å². The van der Waals surface area contributed by atoms with Crippen molar-refractivity contribution >= 4 is 21.8 Å². The van der Waals surface area contributed by atoms with Crippen LogP contribution in [0, 0.1) is 24.7 Å². The van der Waals surface area contributed by atoms with Gasteiger partial charge in [0.25, 0.3) is 5.91 Å². The van der Waals surface area contributed by atoms with Crippen LogP contribution in [-0.2, 0) is 14.8 Å². The van der Waals surface area contributed by atoms with Crippen LogP contribution in [0.2, 0.25) is 0 Å². The molecule has 2 N–H and O–H groups in total. The lowest BCUT2D eigenvalue weighted by atomic mass is 9.89. The first-order valence-corrected chi connectivity index (χ1v) is 11.9. The zero-order chi connectivity index (χ0) is 22.1. The summed E-state index contributed by atoms with van der Waals surface area (Å²) < 4.78 is 27.8. The zero-order valence-electron chi connectivity index (χ0n) is 17.8. The smallest absolute Gasteiger partial charge is 0.276 e. The number of nitrogens with one attached hydrogen (secondary N) is 1. The van der Waals surface area contributed by atoms with Gasteiger partial charge in [-0.2, -0.15) is 4.31 Å². The van der Waals surface area contributed by atoms with Gasteiger partial charge in [-0.05, 0) is 49.7 Å². The summed E-state index contributed by atoms with van der Waals surface area (Å²) in [6.07, 6.45) is 2.05. The van der Waals surface area contributed by atoms with Crippen LogP contribution in [0.1, 0.15) is 49.0 Å². The molecular formula is C21H31N3O5S. The Labute approximate surface area is 178 Å². The van der Waals surface area contributed by atoms with E-state index in [-0.39, 0.29) is 35.4 Å². The predicted molar refractivity (Wildman–Crippen MR) is 111 cm³/mol. The average Bonchev–Trinajstić information content (AvgIpc) is 2.71. The predicted octanol–water partition coefficient (Wildman–Crippen LogP) is 2.02. The fraction of sp³-hybridized carbons (Fsp3) is 0.619. The fourth-order valence-electron chi connectivity index (χ4n) is 4.79. The van der Waals surface area contributed by atoms with Gasteiger partial charge in [0.2, 0.25) is 15.9 Å². The van der Waals surface area contributed by atoms with E-state index in [1.54, 1.807) is 19.1 Å². The lowest BCUT2D eigenvalue weighted by Crippen LogP contribution is -2.48. The molecule has 0 spiro atoms. The van der Waals surface area contributed by atoms with Gasteiger partial charge in [0.1, 0.15) is 0 Å². The van der Waals surface area contributed by atoms with E-state index in [4.69, 9.17) is 5.21 Å². The van der Waals surface area contributed by atoms with Crippen LogP contribution in [-0.4, -0.2) is 60.8 Å². The highest BCUT2D eigenvalue weighted by Gasteiger charge is 2.37. The molecule has 2 atom stereocenters. The number of amides is 2. The van der Waals surface area contributed by atoms with Crippen LogP contribution in [0.3, 0.4) is 0 Å². The highest BCUT2D eigenvalue weighted by molar-refractivity contribution is 7.89. The summed E-state index contributed by atoms with van der Waals surface area (Å²) in [6.45, 7) is 7.93. The Morgan fingerprint density at radius 3 is 2.27 bits per heavy atom. The van der Waals surface area contributed by atoms with Crippen molar-refractivity contribution in [3.05, 3.63) is 29.3 Å². The molecule has 0 radical (unpaired) electrons. The number of carbonyl (C=O) groups excluding carboxylic acids is 2. The quantitative estimate of drug-likeness (QED) is 0.554. The largest absolute Gasteiger partial charge is 0.342 e. The second kappa shape index (κ2) is 9.03. The second-order valence-electron chi connectivity index (χ2n) is 8.76. The van der Waals surface area contributed by atoms with Crippen molar-refractivity contribution in [3.63, 3.8) is 0 Å². The summed E-state index contributed by atoms with van der Waals surface area (Å²) in [5, 5.41) is 9.02. The highest BCUT2D eigenvalue weighted by Crippen LogP contribution is 2.30. The van der Waals surface area contributed by atoms with Gasteiger partial charge in [-0.3, -0.25) is 14.8 Å². The molecule has 2 aliphatic rings. The van der Waals surface area contributed by atoms with Crippen LogP contribution in [0.15, 0.2) is 23.1 Å². The van der Waals surface area contributed by atoms with E-state index in [1.165, 1.54) is 15.9 Å². The Hall–Kier alpha value is -1.97. The number of sulfonamides is 1. The highest BCUT2D eigenvalue weighted by atomic mass is 32.2. The van der Waals surface area contributed by atoms with Crippen LogP contribution in [0.25, 0.3) is 0 Å². The van der Waals surface area contributed by atoms with E-state index >= 15 is 0 Å². The van der Waals surface area contributed by atoms with E-state index in [0.717, 1.165) is 19.5 Å². The van der Waals surface area contributed by atoms with Gasteiger partial charge in [0.05, 0.1) is 10.5 Å². The first kappa shape index (κ1) is 22.7. The molecule has 8 nitrogen and oxygen atoms in total. The number of piperidine rings is 2. The molecule has 0 bridgehead atoms. The third-order valence-electron chi connectivity index (χ3n) is 6.16. The molecule has 0 aliphatic carbocycles. The molecule has 166 valence electrons. The number of hydroxylamine groups is 1. The monoisotopic (exact) mass is 437 g/mol. The maximum Gasteiger partial charge on any atom is 0.276 e. The van der Waals surface area contributed by atoms with Crippen molar-refractivity contribution in [3.8, 4) is 0 Å². The molecule has 2 fully saturated rings. The average molecular weight is 438 g/mol. The molecule has 2 heterocycles. The van der Waals surface area contributed by atoms with Crippen molar-refractivity contribution in [2.24, 2.45) is 17.8 Å². The molecule has 0 aromatic heterocycles. The van der Waals surface area contributed by atoms with E-state index in [2.05, 4.69) is 13.8 Å². The van der Waals surface area contributed by atoms with Crippen molar-refractivity contribution in [2.45, 2.75) is 44.9 Å². The third-order valence-corrected chi connectivity index (χ3v) is 8.11. The standard InChI is InChI=1S/C21H31N3O5S/c1-14-11-15(2)13-23(12-14)21(26)17-7-9-24(10-8-17)30(28,29)18-6-4-5-16(3)19(18)20(25)22-27/h4-6,14-15,17,27H,7-13H2,1-3H3,(H,22,25).